The van der Waals surface area contributed by atoms with Crippen LogP contribution in [0.5, 0.6) is 0 Å². The number of nitrogens with zero attached hydrogens (tertiary/aromatic N) is 3. The minimum Gasteiger partial charge on any atom is -0.456 e. The van der Waals surface area contributed by atoms with E-state index in [1.807, 2.05) is 12.1 Å². The molecule has 0 unspecified atom stereocenters. The second kappa shape index (κ2) is 20.0. The highest BCUT2D eigenvalue weighted by atomic mass is 16.3. The molecule has 0 aliphatic heterocycles. The number of hydrogen-bond acceptors (Lipinski definition) is 4. The summed E-state index contributed by atoms with van der Waals surface area (Å²) in [5, 5.41) is 7.14. The van der Waals surface area contributed by atoms with Crippen molar-refractivity contribution in [2.24, 2.45) is 0 Å². The third kappa shape index (κ3) is 8.87. The summed E-state index contributed by atoms with van der Waals surface area (Å²) >= 11 is 0. The normalized spacial score (nSPS) is 11.3. The Morgan fingerprint density at radius 3 is 0.910 bits per heavy atom. The van der Waals surface area contributed by atoms with Gasteiger partial charge < -0.3 is 19.1 Å². The van der Waals surface area contributed by atoms with Crippen LogP contribution in [0.2, 0.25) is 0 Å². The van der Waals surface area contributed by atoms with Gasteiger partial charge in [-0.15, -0.1) is 0 Å². The maximum Gasteiger partial charge on any atom is 0.135 e. The highest BCUT2D eigenvalue weighted by Crippen LogP contribution is 2.47. The first-order valence-corrected chi connectivity index (χ1v) is 26.5. The number of hydrogen-bond donors (Lipinski definition) is 0. The molecule has 0 fully saturated rings. The summed E-state index contributed by atoms with van der Waals surface area (Å²) in [5.74, 6) is 0. The Bertz CT molecular complexity index is 4240. The van der Waals surface area contributed by atoms with Gasteiger partial charge in [0.05, 0.1) is 17.1 Å². The molecule has 0 atom stereocenters. The molecule has 0 bridgehead atoms. The predicted molar refractivity (Wildman–Crippen MR) is 329 cm³/mol. The molecule has 0 aliphatic rings. The molecule has 0 amide bonds. The van der Waals surface area contributed by atoms with Crippen molar-refractivity contribution in [1.82, 2.24) is 0 Å². The average molecular weight is 998 g/mol. The monoisotopic (exact) mass is 997 g/mol. The molecule has 4 nitrogen and oxygen atoms in total. The third-order valence-corrected chi connectivity index (χ3v) is 15.0. The van der Waals surface area contributed by atoms with E-state index in [1.54, 1.807) is 0 Å². The van der Waals surface area contributed by atoms with Gasteiger partial charge in [0.1, 0.15) is 11.2 Å². The Hall–Kier alpha value is -10.4. The van der Waals surface area contributed by atoms with Crippen molar-refractivity contribution < 1.29 is 4.42 Å². The van der Waals surface area contributed by atoms with Crippen LogP contribution >= 0.6 is 0 Å². The first-order chi connectivity index (χ1) is 38.6. The average Bonchev–Trinajstić information content (AvgIpc) is 3.90. The van der Waals surface area contributed by atoms with Crippen molar-refractivity contribution in [2.75, 3.05) is 14.7 Å². The molecule has 1 aromatic heterocycles. The number of rotatable bonds is 12. The highest BCUT2D eigenvalue weighted by Gasteiger charge is 2.23. The van der Waals surface area contributed by atoms with Crippen LogP contribution in [0, 0.1) is 0 Å². The van der Waals surface area contributed by atoms with E-state index in [-0.39, 0.29) is 0 Å². The fourth-order valence-corrected chi connectivity index (χ4v) is 11.1. The Balaban J connectivity index is 0.939. The first kappa shape index (κ1) is 46.1. The summed E-state index contributed by atoms with van der Waals surface area (Å²) in [4.78, 5) is 7.14. The molecule has 0 aliphatic carbocycles. The SMILES string of the molecule is c1ccc(N(c2ccc(-c3ccc4ccccc4c3)cc2)c2cc(N(c3ccccc3)c3ccc(-c4ccc5ccccc5c4)cc3)cc(N(c3ccccc3)c3ccc(-c4ccc5oc6ccccc6c5c4)cc3)c2)cc1. The van der Waals surface area contributed by atoms with Crippen molar-refractivity contribution in [3.63, 3.8) is 0 Å². The molecule has 0 spiro atoms. The molecule has 13 aromatic carbocycles. The minimum absolute atomic E-state index is 0.887. The highest BCUT2D eigenvalue weighted by molar-refractivity contribution is 6.06. The summed E-state index contributed by atoms with van der Waals surface area (Å²) in [7, 11) is 0. The zero-order valence-electron chi connectivity index (χ0n) is 42.7. The second-order valence-corrected chi connectivity index (χ2v) is 19.8. The number of para-hydroxylation sites is 4. The summed E-state index contributed by atoms with van der Waals surface area (Å²) in [6.45, 7) is 0. The van der Waals surface area contributed by atoms with E-state index in [2.05, 4.69) is 312 Å². The van der Waals surface area contributed by atoms with Gasteiger partial charge in [-0.1, -0.05) is 188 Å². The van der Waals surface area contributed by atoms with Gasteiger partial charge in [0.2, 0.25) is 0 Å². The molecule has 78 heavy (non-hydrogen) atoms. The molecule has 14 aromatic rings. The fraction of sp³-hybridized carbons (Fsp3) is 0. The van der Waals surface area contributed by atoms with E-state index >= 15 is 0 Å². The fourth-order valence-electron chi connectivity index (χ4n) is 11.1. The van der Waals surface area contributed by atoms with Gasteiger partial charge in [0, 0.05) is 44.9 Å². The van der Waals surface area contributed by atoms with Crippen molar-refractivity contribution in [2.45, 2.75) is 0 Å². The summed E-state index contributed by atoms with van der Waals surface area (Å²) in [6, 6.07) is 111. The van der Waals surface area contributed by atoms with Crippen molar-refractivity contribution in [3.8, 4) is 33.4 Å². The topological polar surface area (TPSA) is 22.9 Å². The van der Waals surface area contributed by atoms with E-state index in [9.17, 15) is 0 Å². The molecule has 1 heterocycles. The summed E-state index contributed by atoms with van der Waals surface area (Å²) in [6.07, 6.45) is 0. The van der Waals surface area contributed by atoms with Crippen molar-refractivity contribution in [3.05, 3.63) is 309 Å². The van der Waals surface area contributed by atoms with Gasteiger partial charge >= 0.3 is 0 Å². The van der Waals surface area contributed by atoms with E-state index in [1.165, 1.54) is 32.7 Å². The van der Waals surface area contributed by atoms with Gasteiger partial charge in [-0.25, -0.2) is 0 Å². The number of benzene rings is 13. The van der Waals surface area contributed by atoms with Crippen LogP contribution in [0.1, 0.15) is 0 Å². The molecular formula is C74H51N3O. The van der Waals surface area contributed by atoms with Crippen LogP contribution < -0.4 is 14.7 Å². The van der Waals surface area contributed by atoms with Crippen LogP contribution in [0.15, 0.2) is 314 Å². The van der Waals surface area contributed by atoms with Crippen molar-refractivity contribution >= 4 is 94.7 Å². The molecule has 0 N–H and O–H groups in total. The van der Waals surface area contributed by atoms with Crippen LogP contribution in [-0.4, -0.2) is 0 Å². The lowest BCUT2D eigenvalue weighted by Crippen LogP contribution is -2.16. The first-order valence-electron chi connectivity index (χ1n) is 26.5. The lowest BCUT2D eigenvalue weighted by molar-refractivity contribution is 0.669. The standard InChI is InChI=1S/C74H51N3O/c1-4-20-62(21-5-1)75(65-39-32-54(33-40-65)59-30-28-52-16-10-12-18-57(52)46-59)68-49-69(76(63-22-6-2-7-23-63)66-41-34-55(35-42-66)60-31-29-53-17-11-13-19-58(53)47-60)51-70(50-68)77(64-24-8-3-9-25-64)67-43-36-56(37-44-67)61-38-45-74-72(48-61)71-26-14-15-27-73(71)78-74/h1-51H. The van der Waals surface area contributed by atoms with Crippen LogP contribution in [0.3, 0.4) is 0 Å². The predicted octanol–water partition coefficient (Wildman–Crippen LogP) is 21.3. The van der Waals surface area contributed by atoms with Crippen LogP contribution in [0.4, 0.5) is 51.2 Å². The lowest BCUT2D eigenvalue weighted by Gasteiger charge is -2.33. The number of furan rings is 1. The van der Waals surface area contributed by atoms with E-state index < -0.39 is 0 Å². The Morgan fingerprint density at radius 1 is 0.179 bits per heavy atom. The van der Waals surface area contributed by atoms with E-state index in [0.29, 0.717) is 0 Å². The van der Waals surface area contributed by atoms with E-state index in [4.69, 9.17) is 4.42 Å². The van der Waals surface area contributed by atoms with Crippen LogP contribution in [0.25, 0.3) is 76.9 Å². The number of anilines is 9. The summed E-state index contributed by atoms with van der Waals surface area (Å²) in [5.41, 5.74) is 17.9. The van der Waals surface area contributed by atoms with Gasteiger partial charge in [-0.3, -0.25) is 0 Å². The minimum atomic E-state index is 0.887. The summed E-state index contributed by atoms with van der Waals surface area (Å²) < 4.78 is 6.22. The van der Waals surface area contributed by atoms with E-state index in [0.717, 1.165) is 95.4 Å². The lowest BCUT2D eigenvalue weighted by atomic mass is 10.0. The zero-order chi connectivity index (χ0) is 51.8. The maximum atomic E-state index is 6.22. The van der Waals surface area contributed by atoms with Gasteiger partial charge in [-0.2, -0.15) is 0 Å². The molecule has 0 saturated heterocycles. The smallest absolute Gasteiger partial charge is 0.135 e. The zero-order valence-corrected chi connectivity index (χ0v) is 42.7. The van der Waals surface area contributed by atoms with Crippen LogP contribution in [-0.2, 0) is 0 Å². The quantitative estimate of drug-likeness (QED) is 0.122. The molecule has 14 rings (SSSR count). The molecule has 0 radical (unpaired) electrons. The third-order valence-electron chi connectivity index (χ3n) is 15.0. The van der Waals surface area contributed by atoms with Gasteiger partial charge in [0.15, 0.2) is 0 Å². The van der Waals surface area contributed by atoms with Crippen molar-refractivity contribution in [1.29, 1.82) is 0 Å². The molecule has 368 valence electrons. The largest absolute Gasteiger partial charge is 0.456 e. The molecule has 4 heteroatoms. The Labute approximate surface area is 454 Å². The van der Waals surface area contributed by atoms with Gasteiger partial charge in [0.25, 0.3) is 0 Å². The second-order valence-electron chi connectivity index (χ2n) is 19.8. The number of fused-ring (bicyclic) bond motifs is 5. The Morgan fingerprint density at radius 2 is 0.487 bits per heavy atom. The molecular weight excluding hydrogens is 947 g/mol. The molecule has 0 saturated carbocycles. The maximum absolute atomic E-state index is 6.22. The van der Waals surface area contributed by atoms with Gasteiger partial charge in [-0.05, 0) is 176 Å². The Kier molecular flexibility index (Phi) is 11.8.